The number of amides is 1. The van der Waals surface area contributed by atoms with Crippen LogP contribution in [0.2, 0.25) is 0 Å². The zero-order valence-corrected chi connectivity index (χ0v) is 11.2. The Morgan fingerprint density at radius 3 is 2.55 bits per heavy atom. The molecule has 1 aromatic rings. The maximum atomic E-state index is 12.8. The number of carbonyl (C=O) groups excluding carboxylic acids is 1. The van der Waals surface area contributed by atoms with Crippen molar-refractivity contribution in [3.8, 4) is 0 Å². The van der Waals surface area contributed by atoms with E-state index in [2.05, 4.69) is 0 Å². The number of alkyl halides is 3. The van der Waals surface area contributed by atoms with Crippen LogP contribution in [0.3, 0.4) is 0 Å². The lowest BCUT2D eigenvalue weighted by molar-refractivity contribution is -0.136. The Labute approximate surface area is 115 Å². The van der Waals surface area contributed by atoms with Gasteiger partial charge in [0, 0.05) is 24.3 Å². The molecular formula is C14H17F3N2O. The van der Waals surface area contributed by atoms with E-state index in [1.807, 2.05) is 6.92 Å². The van der Waals surface area contributed by atoms with Gasteiger partial charge in [-0.3, -0.25) is 4.79 Å². The fourth-order valence-electron chi connectivity index (χ4n) is 2.09. The molecule has 1 amide bonds. The maximum Gasteiger partial charge on any atom is 0.418 e. The van der Waals surface area contributed by atoms with Crippen LogP contribution in [0.15, 0.2) is 18.2 Å². The lowest BCUT2D eigenvalue weighted by atomic mass is 10.1. The number of nitrogens with zero attached hydrogens (tertiary/aromatic N) is 1. The molecule has 0 bridgehead atoms. The Kier molecular flexibility index (Phi) is 3.92. The molecule has 1 fully saturated rings. The highest BCUT2D eigenvalue weighted by Gasteiger charge is 2.34. The second-order valence-corrected chi connectivity index (χ2v) is 5.09. The summed E-state index contributed by atoms with van der Waals surface area (Å²) in [7, 11) is 0. The molecule has 1 aliphatic rings. The molecule has 0 spiro atoms. The SMILES string of the molecule is CCN(CC1CC1)C(=O)c1ccc(N)c(C(F)(F)F)c1. The highest BCUT2D eigenvalue weighted by Crippen LogP contribution is 2.34. The summed E-state index contributed by atoms with van der Waals surface area (Å²) in [6.07, 6.45) is -2.38. The van der Waals surface area contributed by atoms with Gasteiger partial charge < -0.3 is 10.6 Å². The van der Waals surface area contributed by atoms with E-state index in [-0.39, 0.29) is 17.2 Å². The number of nitrogens with two attached hydrogens (primary N) is 1. The third kappa shape index (κ3) is 3.23. The summed E-state index contributed by atoms with van der Waals surface area (Å²) in [6.45, 7) is 2.92. The molecule has 1 aromatic carbocycles. The van der Waals surface area contributed by atoms with Crippen LogP contribution in [0.1, 0.15) is 35.7 Å². The number of halogens is 3. The molecule has 1 aliphatic carbocycles. The highest BCUT2D eigenvalue weighted by atomic mass is 19.4. The van der Waals surface area contributed by atoms with E-state index in [0.717, 1.165) is 25.0 Å². The average molecular weight is 286 g/mol. The fourth-order valence-corrected chi connectivity index (χ4v) is 2.09. The highest BCUT2D eigenvalue weighted by molar-refractivity contribution is 5.95. The van der Waals surface area contributed by atoms with E-state index >= 15 is 0 Å². The van der Waals surface area contributed by atoms with Crippen LogP contribution < -0.4 is 5.73 Å². The number of carbonyl (C=O) groups is 1. The third-order valence-corrected chi connectivity index (χ3v) is 3.45. The molecule has 0 unspecified atom stereocenters. The minimum atomic E-state index is -4.55. The van der Waals surface area contributed by atoms with E-state index in [1.165, 1.54) is 6.07 Å². The predicted octanol–water partition coefficient (Wildman–Crippen LogP) is 3.16. The van der Waals surface area contributed by atoms with Gasteiger partial charge in [-0.15, -0.1) is 0 Å². The van der Waals surface area contributed by atoms with Crippen LogP contribution in [0, 0.1) is 5.92 Å². The number of hydrogen-bond donors (Lipinski definition) is 1. The van der Waals surface area contributed by atoms with Crippen molar-refractivity contribution in [3.05, 3.63) is 29.3 Å². The molecule has 0 heterocycles. The van der Waals surface area contributed by atoms with Crippen LogP contribution >= 0.6 is 0 Å². The summed E-state index contributed by atoms with van der Waals surface area (Å²) in [6, 6.07) is 3.33. The molecule has 0 aliphatic heterocycles. The first-order chi connectivity index (χ1) is 9.32. The van der Waals surface area contributed by atoms with E-state index in [1.54, 1.807) is 4.90 Å². The molecule has 20 heavy (non-hydrogen) atoms. The summed E-state index contributed by atoms with van der Waals surface area (Å²) in [4.78, 5) is 13.8. The Balaban J connectivity index is 2.24. The van der Waals surface area contributed by atoms with Crippen molar-refractivity contribution in [3.63, 3.8) is 0 Å². The molecular weight excluding hydrogens is 269 g/mol. The zero-order valence-electron chi connectivity index (χ0n) is 11.2. The first-order valence-electron chi connectivity index (χ1n) is 6.59. The first kappa shape index (κ1) is 14.7. The summed E-state index contributed by atoms with van der Waals surface area (Å²) in [5.74, 6) is 0.125. The average Bonchev–Trinajstić information content (AvgIpc) is 3.18. The van der Waals surface area contributed by atoms with Gasteiger partial charge in [0.25, 0.3) is 5.91 Å². The Morgan fingerprint density at radius 2 is 2.05 bits per heavy atom. The van der Waals surface area contributed by atoms with Gasteiger partial charge in [0.1, 0.15) is 0 Å². The van der Waals surface area contributed by atoms with Crippen LogP contribution in [-0.2, 0) is 6.18 Å². The quantitative estimate of drug-likeness (QED) is 0.864. The molecule has 1 saturated carbocycles. The number of hydrogen-bond acceptors (Lipinski definition) is 2. The largest absolute Gasteiger partial charge is 0.418 e. The van der Waals surface area contributed by atoms with Gasteiger partial charge in [0.05, 0.1) is 5.56 Å². The third-order valence-electron chi connectivity index (χ3n) is 3.45. The molecule has 110 valence electrons. The first-order valence-corrected chi connectivity index (χ1v) is 6.59. The van der Waals surface area contributed by atoms with Crippen molar-refractivity contribution in [2.75, 3.05) is 18.8 Å². The molecule has 2 rings (SSSR count). The number of benzene rings is 1. The predicted molar refractivity (Wildman–Crippen MR) is 70.2 cm³/mol. The number of anilines is 1. The number of nitrogen functional groups attached to an aromatic ring is 1. The topological polar surface area (TPSA) is 46.3 Å². The van der Waals surface area contributed by atoms with Crippen molar-refractivity contribution in [2.24, 2.45) is 5.92 Å². The molecule has 0 aromatic heterocycles. The summed E-state index contributed by atoms with van der Waals surface area (Å²) < 4.78 is 38.4. The van der Waals surface area contributed by atoms with Crippen LogP contribution in [0.25, 0.3) is 0 Å². The van der Waals surface area contributed by atoms with Gasteiger partial charge in [-0.1, -0.05) is 0 Å². The van der Waals surface area contributed by atoms with Gasteiger partial charge in [-0.2, -0.15) is 13.2 Å². The van der Waals surface area contributed by atoms with Crippen molar-refractivity contribution >= 4 is 11.6 Å². The second kappa shape index (κ2) is 5.34. The second-order valence-electron chi connectivity index (χ2n) is 5.09. The number of rotatable bonds is 4. The molecule has 0 atom stereocenters. The molecule has 0 saturated heterocycles. The Morgan fingerprint density at radius 1 is 1.40 bits per heavy atom. The van der Waals surface area contributed by atoms with Gasteiger partial charge in [0.15, 0.2) is 0 Å². The van der Waals surface area contributed by atoms with Crippen molar-refractivity contribution < 1.29 is 18.0 Å². The van der Waals surface area contributed by atoms with Gasteiger partial charge in [0.2, 0.25) is 0 Å². The van der Waals surface area contributed by atoms with Crippen molar-refractivity contribution in [1.82, 2.24) is 4.90 Å². The fraction of sp³-hybridized carbons (Fsp3) is 0.500. The monoisotopic (exact) mass is 286 g/mol. The van der Waals surface area contributed by atoms with Crippen LogP contribution in [0.5, 0.6) is 0 Å². The summed E-state index contributed by atoms with van der Waals surface area (Å²) in [5.41, 5.74) is 4.05. The zero-order chi connectivity index (χ0) is 14.9. The summed E-state index contributed by atoms with van der Waals surface area (Å²) in [5, 5.41) is 0. The Hall–Kier alpha value is -1.72. The molecule has 0 radical (unpaired) electrons. The van der Waals surface area contributed by atoms with E-state index < -0.39 is 11.7 Å². The minimum Gasteiger partial charge on any atom is -0.398 e. The minimum absolute atomic E-state index is 0.0361. The van der Waals surface area contributed by atoms with E-state index in [9.17, 15) is 18.0 Å². The lowest BCUT2D eigenvalue weighted by Crippen LogP contribution is -2.32. The van der Waals surface area contributed by atoms with Gasteiger partial charge >= 0.3 is 6.18 Å². The standard InChI is InChI=1S/C14H17F3N2O/c1-2-19(8-9-3-4-9)13(20)10-5-6-12(18)11(7-10)14(15,16)17/h5-7,9H,2-4,8,18H2,1H3. The van der Waals surface area contributed by atoms with Crippen LogP contribution in [-0.4, -0.2) is 23.9 Å². The lowest BCUT2D eigenvalue weighted by Gasteiger charge is -2.21. The summed E-state index contributed by atoms with van der Waals surface area (Å²) >= 11 is 0. The smallest absolute Gasteiger partial charge is 0.398 e. The van der Waals surface area contributed by atoms with Crippen molar-refractivity contribution in [1.29, 1.82) is 0 Å². The van der Waals surface area contributed by atoms with E-state index in [0.29, 0.717) is 19.0 Å². The maximum absolute atomic E-state index is 12.8. The molecule has 2 N–H and O–H groups in total. The van der Waals surface area contributed by atoms with E-state index in [4.69, 9.17) is 5.73 Å². The van der Waals surface area contributed by atoms with Gasteiger partial charge in [-0.05, 0) is 43.9 Å². The van der Waals surface area contributed by atoms with Crippen molar-refractivity contribution in [2.45, 2.75) is 25.9 Å². The van der Waals surface area contributed by atoms with Gasteiger partial charge in [-0.25, -0.2) is 0 Å². The van der Waals surface area contributed by atoms with Crippen LogP contribution in [0.4, 0.5) is 18.9 Å². The Bertz CT molecular complexity index is 510. The molecule has 3 nitrogen and oxygen atoms in total. The molecule has 6 heteroatoms. The normalized spacial score (nSPS) is 15.2.